The molecule has 0 aliphatic rings. The van der Waals surface area contributed by atoms with E-state index in [0.29, 0.717) is 67.5 Å². The van der Waals surface area contributed by atoms with E-state index in [1.165, 1.54) is 182 Å². The molecule has 0 radical (unpaired) electrons. The van der Waals surface area contributed by atoms with Gasteiger partial charge < -0.3 is 62.5 Å². The predicted molar refractivity (Wildman–Crippen MR) is 375 cm³/mol. The molecule has 24 nitrogen and oxygen atoms in total. The number of hydrogen-bond acceptors (Lipinski definition) is 12. The smallest absolute Gasteiger partial charge is 0.336 e. The number of hydrogen-bond donors (Lipinski definition) is 12. The molecule has 24 heteroatoms. The van der Waals surface area contributed by atoms with Crippen LogP contribution in [-0.4, -0.2) is 102 Å². The second-order valence-electron chi connectivity index (χ2n) is 20.7. The number of carboxylic acids is 6. The van der Waals surface area contributed by atoms with Crippen molar-refractivity contribution in [1.29, 1.82) is 0 Å². The average Bonchev–Trinajstić information content (AvgIpc) is 0.844. The van der Waals surface area contributed by atoms with Crippen molar-refractivity contribution in [1.82, 2.24) is 0 Å². The minimum absolute atomic E-state index is 0.0690. The normalized spacial score (nSPS) is 9.82. The zero-order chi connectivity index (χ0) is 74.5. The molecule has 9 aromatic carbocycles. The molecule has 0 unspecified atom stereocenters. The fourth-order valence-corrected chi connectivity index (χ4v) is 9.15. The lowest BCUT2D eigenvalue weighted by Crippen LogP contribution is -2.17. The van der Waals surface area contributed by atoms with E-state index in [2.05, 4.69) is 67.4 Å². The van der Waals surface area contributed by atoms with Crippen molar-refractivity contribution in [3.8, 4) is 74.1 Å². The predicted octanol–water partition coefficient (Wildman–Crippen LogP) is 10.7. The van der Waals surface area contributed by atoms with Gasteiger partial charge in [0.1, 0.15) is 0 Å². The van der Waals surface area contributed by atoms with Crippen LogP contribution >= 0.6 is 0 Å². The van der Waals surface area contributed by atoms with Crippen LogP contribution in [0.2, 0.25) is 0 Å². The number of carbonyl (C=O) groups is 12. The zero-order valence-electron chi connectivity index (χ0n) is 52.4. The number of nitrogens with one attached hydrogen (secondary N) is 6. The molecule has 0 heterocycles. The highest BCUT2D eigenvalue weighted by molar-refractivity contribution is 6.16. The van der Waals surface area contributed by atoms with E-state index in [9.17, 15) is 88.2 Å². The van der Waals surface area contributed by atoms with Gasteiger partial charge in [-0.15, -0.1) is 38.5 Å². The van der Waals surface area contributed by atoms with E-state index in [4.69, 9.17) is 38.5 Å². The van der Waals surface area contributed by atoms with Crippen LogP contribution in [-0.2, 0) is 0 Å². The number of carboxylic acid groups (broad SMARTS) is 6. The molecule has 0 bridgehead atoms. The number of amides is 6. The highest BCUT2D eigenvalue weighted by Crippen LogP contribution is 2.25. The van der Waals surface area contributed by atoms with Gasteiger partial charge >= 0.3 is 35.8 Å². The van der Waals surface area contributed by atoms with Crippen LogP contribution in [0.25, 0.3) is 0 Å². The molecule has 0 atom stereocenters. The van der Waals surface area contributed by atoms with Crippen LogP contribution in [0.3, 0.4) is 0 Å². The van der Waals surface area contributed by atoms with Gasteiger partial charge in [0.15, 0.2) is 0 Å². The van der Waals surface area contributed by atoms with Crippen LogP contribution in [0.5, 0.6) is 0 Å². The summed E-state index contributed by atoms with van der Waals surface area (Å²) in [5, 5.41) is 71.5. The van der Waals surface area contributed by atoms with E-state index in [-0.39, 0.29) is 66.8 Å². The zero-order valence-corrected chi connectivity index (χ0v) is 52.4. The minimum Gasteiger partial charge on any atom is -0.478 e. The lowest BCUT2D eigenvalue weighted by atomic mass is 10.0. The quantitative estimate of drug-likeness (QED) is 0.0355. The van der Waals surface area contributed by atoms with Crippen molar-refractivity contribution in [3.63, 3.8) is 0 Å². The van der Waals surface area contributed by atoms with E-state index in [1.807, 2.05) is 0 Å². The second-order valence-corrected chi connectivity index (χ2v) is 20.7. The van der Waals surface area contributed by atoms with Crippen LogP contribution in [0.4, 0.5) is 34.1 Å². The number of anilines is 6. The molecule has 102 heavy (non-hydrogen) atoms. The van der Waals surface area contributed by atoms with Gasteiger partial charge in [-0.05, 0) is 182 Å². The van der Waals surface area contributed by atoms with Crippen LogP contribution in [0, 0.1) is 74.1 Å². The molecule has 0 saturated heterocycles. The largest absolute Gasteiger partial charge is 0.478 e. The van der Waals surface area contributed by atoms with Crippen LogP contribution < -0.4 is 31.9 Å². The summed E-state index contributed by atoms with van der Waals surface area (Å²) < 4.78 is 0. The van der Waals surface area contributed by atoms with Gasteiger partial charge in [0.25, 0.3) is 35.4 Å². The molecular formula is C78H48N6O18. The number of rotatable bonds is 18. The van der Waals surface area contributed by atoms with Crippen molar-refractivity contribution < 1.29 is 88.2 Å². The first-order valence-corrected chi connectivity index (χ1v) is 28.9. The van der Waals surface area contributed by atoms with Crippen molar-refractivity contribution in [3.05, 3.63) is 282 Å². The topological polar surface area (TPSA) is 398 Å². The Labute approximate surface area is 579 Å². The summed E-state index contributed by atoms with van der Waals surface area (Å²) in [6.45, 7) is 0. The monoisotopic (exact) mass is 1360 g/mol. The molecule has 0 aliphatic carbocycles. The maximum Gasteiger partial charge on any atom is 0.336 e. The molecule has 12 N–H and O–H groups in total. The van der Waals surface area contributed by atoms with Gasteiger partial charge in [-0.2, -0.15) is 0 Å². The number of terminal acetylenes is 6. The highest BCUT2D eigenvalue weighted by atomic mass is 16.4. The number of carbonyl (C=O) groups excluding carboxylic acids is 6. The number of benzene rings is 9. The lowest BCUT2D eigenvalue weighted by Gasteiger charge is -2.11. The molecule has 9 aromatic rings. The standard InChI is InChI=1S/3C26H16N2O6/c1-3-15-6-12-20(25(31)32)21(13-15)24(30)28-18-9-7-17(8-10-18)27-23(29)19-11-5-16(4-2)14-22(19)26(33)34;1-3-15-5-11-19(25(31)32)21(13-15)23(29)27-17-7-9-18(10-8-17)28-24(30)22-14-16(4-2)6-12-20(22)26(33)34;1-3-15-5-11-19(21(13-15)25(31)32)23(29)27-17-7-9-18(10-8-17)28-24(30)20-12-6-16(4-2)14-22(20)26(33)34/h3*1-2,5-14H,(H,27,29)(H,28,30)(H,31,32)(H,33,34). The Balaban J connectivity index is 0.000000214. The molecule has 6 amide bonds. The Morgan fingerprint density at radius 3 is 0.480 bits per heavy atom. The van der Waals surface area contributed by atoms with E-state index in [0.717, 1.165) is 0 Å². The van der Waals surface area contributed by atoms with Gasteiger partial charge in [-0.1, -0.05) is 35.5 Å². The van der Waals surface area contributed by atoms with Crippen molar-refractivity contribution in [2.45, 2.75) is 0 Å². The summed E-state index contributed by atoms with van der Waals surface area (Å²) in [7, 11) is 0. The van der Waals surface area contributed by atoms with Crippen LogP contribution in [0.1, 0.15) is 158 Å². The van der Waals surface area contributed by atoms with Crippen molar-refractivity contribution >= 4 is 105 Å². The molecule has 498 valence electrons. The Bertz CT molecular complexity index is 5050. The van der Waals surface area contributed by atoms with Gasteiger partial charge in [0.2, 0.25) is 0 Å². The summed E-state index contributed by atoms with van der Waals surface area (Å²) in [6, 6.07) is 41.8. The molecule has 0 aromatic heterocycles. The van der Waals surface area contributed by atoms with Gasteiger partial charge in [0, 0.05) is 67.5 Å². The summed E-state index contributed by atoms with van der Waals surface area (Å²) in [5.41, 5.74) is 2.19. The lowest BCUT2D eigenvalue weighted by molar-refractivity contribution is 0.0683. The number of aromatic carboxylic acids is 6. The fourth-order valence-electron chi connectivity index (χ4n) is 9.15. The Kier molecular flexibility index (Phi) is 24.0. The second kappa shape index (κ2) is 33.4. The van der Waals surface area contributed by atoms with E-state index >= 15 is 0 Å². The highest BCUT2D eigenvalue weighted by Gasteiger charge is 2.24. The summed E-state index contributed by atoms with van der Waals surface area (Å²) in [4.78, 5) is 144. The molecule has 0 aliphatic heterocycles. The molecular weight excluding hydrogens is 1310 g/mol. The molecule has 0 saturated carbocycles. The molecule has 0 fully saturated rings. The minimum atomic E-state index is -1.30. The Hall–Kier alpha value is -16.0. The van der Waals surface area contributed by atoms with Gasteiger partial charge in [0.05, 0.1) is 66.8 Å². The van der Waals surface area contributed by atoms with Crippen molar-refractivity contribution in [2.24, 2.45) is 0 Å². The summed E-state index contributed by atoms with van der Waals surface area (Å²) in [6.07, 6.45) is 31.8. The first-order valence-electron chi connectivity index (χ1n) is 28.9. The summed E-state index contributed by atoms with van der Waals surface area (Å²) >= 11 is 0. The third-order valence-electron chi connectivity index (χ3n) is 14.2. The average molecular weight is 1360 g/mol. The maximum absolute atomic E-state index is 12.6. The van der Waals surface area contributed by atoms with Gasteiger partial charge in [-0.3, -0.25) is 28.8 Å². The van der Waals surface area contributed by atoms with Crippen molar-refractivity contribution in [2.75, 3.05) is 31.9 Å². The third kappa shape index (κ3) is 18.7. The molecule has 0 spiro atoms. The third-order valence-corrected chi connectivity index (χ3v) is 14.2. The van der Waals surface area contributed by atoms with Crippen LogP contribution in [0.15, 0.2) is 182 Å². The SMILES string of the molecule is C#Cc1ccc(C(=O)Nc2ccc(NC(=O)c3cc(C#C)ccc3C(=O)O)cc2)c(C(=O)O)c1.C#Cc1ccc(C(=O)Nc2ccc(NC(=O)c3ccc(C#C)cc3C(=O)O)cc2)c(C(=O)O)c1.C#Cc1ccc(C(=O)O)c(C(=O)Nc2ccc(NC(=O)c3cc(C#C)ccc3C(=O)O)cc2)c1. The first kappa shape index (κ1) is 73.4. The molecule has 9 rings (SSSR count). The Morgan fingerprint density at radius 1 is 0.196 bits per heavy atom. The maximum atomic E-state index is 12.6. The Morgan fingerprint density at radius 2 is 0.333 bits per heavy atom. The fraction of sp³-hybridized carbons (Fsp3) is 0. The van der Waals surface area contributed by atoms with Gasteiger partial charge in [-0.25, -0.2) is 28.8 Å². The first-order chi connectivity index (χ1) is 48.7. The van der Waals surface area contributed by atoms with E-state index in [1.54, 1.807) is 0 Å². The van der Waals surface area contributed by atoms with E-state index < -0.39 is 71.3 Å². The summed E-state index contributed by atoms with van der Waals surface area (Å²) in [5.74, 6) is 2.28.